The van der Waals surface area contributed by atoms with Gasteiger partial charge in [-0.15, -0.1) is 0 Å². The van der Waals surface area contributed by atoms with E-state index in [0.717, 1.165) is 24.3 Å². The summed E-state index contributed by atoms with van der Waals surface area (Å²) in [5.74, 6) is -3.20. The fourth-order valence-corrected chi connectivity index (χ4v) is 0.921. The second-order valence-electron chi connectivity index (χ2n) is 2.64. The minimum Gasteiger partial charge on any atom is -0.384 e. The average Bonchev–Trinajstić information content (AvgIpc) is 2.17. The van der Waals surface area contributed by atoms with E-state index in [1.807, 2.05) is 0 Å². The number of amides is 1. The second kappa shape index (κ2) is 4.45. The molecule has 0 saturated heterocycles. The molecule has 15 heavy (non-hydrogen) atoms. The fourth-order valence-electron chi connectivity index (χ4n) is 0.921. The van der Waals surface area contributed by atoms with Gasteiger partial charge in [0.1, 0.15) is 23.0 Å². The molecular weight excluding hydrogens is 202 g/mol. The van der Waals surface area contributed by atoms with Gasteiger partial charge in [0.25, 0.3) is 5.91 Å². The van der Waals surface area contributed by atoms with Gasteiger partial charge in [-0.05, 0) is 18.2 Å². The third-order valence-corrected chi connectivity index (χ3v) is 1.62. The number of nitrogens with zero attached hydrogens (tertiary/aromatic N) is 1. The lowest BCUT2D eigenvalue weighted by molar-refractivity contribution is 0.0995. The molecule has 0 aliphatic carbocycles. The van der Waals surface area contributed by atoms with E-state index in [9.17, 15) is 13.6 Å². The summed E-state index contributed by atoms with van der Waals surface area (Å²) in [6, 6.07) is 3.09. The highest BCUT2D eigenvalue weighted by Crippen LogP contribution is 2.13. The minimum absolute atomic E-state index is 0.192. The molecule has 2 N–H and O–H groups in total. The Morgan fingerprint density at radius 2 is 1.93 bits per heavy atom. The molecule has 1 aromatic rings. The summed E-state index contributed by atoms with van der Waals surface area (Å²) in [6.07, 6.45) is 1.11. The number of carbonyl (C=O) groups is 1. The third-order valence-electron chi connectivity index (χ3n) is 1.62. The smallest absolute Gasteiger partial charge is 0.284 e. The number of aliphatic imine (C=N–C) groups is 1. The van der Waals surface area contributed by atoms with Crippen molar-refractivity contribution in [2.24, 2.45) is 10.7 Å². The molecule has 0 atom stereocenters. The first-order valence-electron chi connectivity index (χ1n) is 4.01. The van der Waals surface area contributed by atoms with Gasteiger partial charge in [0.05, 0.1) is 0 Å². The molecule has 0 spiro atoms. The molecule has 0 unspecified atom stereocenters. The van der Waals surface area contributed by atoms with Gasteiger partial charge in [-0.1, -0.05) is 12.6 Å². The van der Waals surface area contributed by atoms with Gasteiger partial charge in [0.15, 0.2) is 0 Å². The van der Waals surface area contributed by atoms with Crippen LogP contribution in [0.15, 0.2) is 35.8 Å². The molecule has 0 aliphatic heterocycles. The summed E-state index contributed by atoms with van der Waals surface area (Å²) in [5, 5.41) is 0. The molecule has 0 radical (unpaired) electrons. The van der Waals surface area contributed by atoms with Crippen LogP contribution in [0.25, 0.3) is 0 Å². The van der Waals surface area contributed by atoms with Crippen molar-refractivity contribution in [3.63, 3.8) is 0 Å². The highest BCUT2D eigenvalue weighted by molar-refractivity contribution is 6.06. The van der Waals surface area contributed by atoms with Crippen molar-refractivity contribution in [3.8, 4) is 0 Å². The van der Waals surface area contributed by atoms with Crippen molar-refractivity contribution in [2.75, 3.05) is 0 Å². The van der Waals surface area contributed by atoms with Crippen LogP contribution in [0.1, 0.15) is 10.4 Å². The molecule has 0 bridgehead atoms. The van der Waals surface area contributed by atoms with Gasteiger partial charge in [-0.3, -0.25) is 4.79 Å². The van der Waals surface area contributed by atoms with Crippen molar-refractivity contribution in [3.05, 3.63) is 48.1 Å². The van der Waals surface area contributed by atoms with Crippen molar-refractivity contribution in [1.82, 2.24) is 0 Å². The maximum Gasteiger partial charge on any atom is 0.284 e. The summed E-state index contributed by atoms with van der Waals surface area (Å²) < 4.78 is 26.1. The maximum atomic E-state index is 13.1. The van der Waals surface area contributed by atoms with Crippen LogP contribution in [0.2, 0.25) is 0 Å². The molecular formula is C10H8F2N2O. The van der Waals surface area contributed by atoms with E-state index in [1.165, 1.54) is 0 Å². The van der Waals surface area contributed by atoms with E-state index in [2.05, 4.69) is 11.6 Å². The Morgan fingerprint density at radius 3 is 2.40 bits per heavy atom. The molecule has 3 nitrogen and oxygen atoms in total. The van der Waals surface area contributed by atoms with Crippen molar-refractivity contribution < 1.29 is 13.6 Å². The Kier molecular flexibility index (Phi) is 3.28. The first-order valence-corrected chi connectivity index (χ1v) is 4.01. The van der Waals surface area contributed by atoms with Crippen LogP contribution in [-0.4, -0.2) is 11.7 Å². The molecule has 78 valence electrons. The summed E-state index contributed by atoms with van der Waals surface area (Å²) in [7, 11) is 0. The number of hydrogen-bond acceptors (Lipinski definition) is 1. The number of benzene rings is 1. The minimum atomic E-state index is -1.07. The van der Waals surface area contributed by atoms with Gasteiger partial charge in [0.2, 0.25) is 0 Å². The summed E-state index contributed by atoms with van der Waals surface area (Å²) in [4.78, 5) is 14.5. The van der Waals surface area contributed by atoms with E-state index >= 15 is 0 Å². The molecule has 1 rings (SSSR count). The first kappa shape index (κ1) is 11.0. The number of carbonyl (C=O) groups excluding carboxylic acids is 1. The number of nitrogens with two attached hydrogens (primary N) is 1. The van der Waals surface area contributed by atoms with Crippen LogP contribution in [0.4, 0.5) is 8.78 Å². The SMILES string of the molecule is C=CC(N)=NC(=O)c1c(F)cccc1F. The van der Waals surface area contributed by atoms with Crippen LogP contribution in [0.5, 0.6) is 0 Å². The highest BCUT2D eigenvalue weighted by atomic mass is 19.1. The zero-order valence-corrected chi connectivity index (χ0v) is 7.71. The number of rotatable bonds is 2. The van der Waals surface area contributed by atoms with Crippen LogP contribution >= 0.6 is 0 Å². The maximum absolute atomic E-state index is 13.1. The van der Waals surface area contributed by atoms with Gasteiger partial charge in [0, 0.05) is 0 Å². The molecule has 1 amide bonds. The van der Waals surface area contributed by atoms with Crippen LogP contribution in [-0.2, 0) is 0 Å². The van der Waals surface area contributed by atoms with Crippen molar-refractivity contribution in [2.45, 2.75) is 0 Å². The number of halogens is 2. The van der Waals surface area contributed by atoms with Crippen molar-refractivity contribution >= 4 is 11.7 Å². The second-order valence-corrected chi connectivity index (χ2v) is 2.64. The quantitative estimate of drug-likeness (QED) is 0.596. The molecule has 0 saturated carbocycles. The molecule has 0 aromatic heterocycles. The van der Waals surface area contributed by atoms with Gasteiger partial charge in [-0.25, -0.2) is 8.78 Å². The van der Waals surface area contributed by atoms with Crippen molar-refractivity contribution in [1.29, 1.82) is 0 Å². The lowest BCUT2D eigenvalue weighted by Crippen LogP contribution is -2.12. The zero-order valence-electron chi connectivity index (χ0n) is 7.71. The highest BCUT2D eigenvalue weighted by Gasteiger charge is 2.16. The van der Waals surface area contributed by atoms with Crippen LogP contribution in [0, 0.1) is 11.6 Å². The molecule has 0 heterocycles. The lowest BCUT2D eigenvalue weighted by Gasteiger charge is -1.99. The predicted octanol–water partition coefficient (Wildman–Crippen LogP) is 1.65. The Bertz CT molecular complexity index is 421. The van der Waals surface area contributed by atoms with E-state index in [-0.39, 0.29) is 5.84 Å². The van der Waals surface area contributed by atoms with Gasteiger partial charge >= 0.3 is 0 Å². The summed E-state index contributed by atoms with van der Waals surface area (Å²) in [6.45, 7) is 3.26. The standard InChI is InChI=1S/C10H8F2N2O/c1-2-8(13)14-10(15)9-6(11)4-3-5-7(9)12/h2-5H,1H2,(H2,13,14,15). The van der Waals surface area contributed by atoms with Crippen LogP contribution < -0.4 is 5.73 Å². The molecule has 0 aliphatic rings. The Morgan fingerprint density at radius 1 is 1.40 bits per heavy atom. The van der Waals surface area contributed by atoms with Gasteiger partial charge in [-0.2, -0.15) is 4.99 Å². The summed E-state index contributed by atoms with van der Waals surface area (Å²) >= 11 is 0. The van der Waals surface area contributed by atoms with E-state index in [1.54, 1.807) is 0 Å². The van der Waals surface area contributed by atoms with Crippen LogP contribution in [0.3, 0.4) is 0 Å². The Balaban J connectivity index is 3.17. The molecule has 1 aromatic carbocycles. The first-order chi connectivity index (χ1) is 7.06. The Hall–Kier alpha value is -2.04. The Labute approximate surface area is 84.9 Å². The fraction of sp³-hybridized carbons (Fsp3) is 0. The van der Waals surface area contributed by atoms with Gasteiger partial charge < -0.3 is 5.73 Å². The van der Waals surface area contributed by atoms with E-state index in [0.29, 0.717) is 0 Å². The van der Waals surface area contributed by atoms with E-state index < -0.39 is 23.1 Å². The molecule has 0 fully saturated rings. The largest absolute Gasteiger partial charge is 0.384 e. The molecule has 5 heteroatoms. The summed E-state index contributed by atoms with van der Waals surface area (Å²) in [5.41, 5.74) is 4.46. The average molecular weight is 210 g/mol. The predicted molar refractivity (Wildman–Crippen MR) is 52.5 cm³/mol. The third kappa shape index (κ3) is 2.46. The topological polar surface area (TPSA) is 55.4 Å². The normalized spacial score (nSPS) is 11.2. The lowest BCUT2D eigenvalue weighted by atomic mass is 10.2. The number of amidine groups is 1. The number of hydrogen-bond donors (Lipinski definition) is 1. The monoisotopic (exact) mass is 210 g/mol. The van der Waals surface area contributed by atoms with E-state index in [4.69, 9.17) is 5.73 Å². The zero-order chi connectivity index (χ0) is 11.4.